The van der Waals surface area contributed by atoms with Gasteiger partial charge < -0.3 is 9.99 Å². The Kier molecular flexibility index (Phi) is 3.37. The molecule has 0 radical (unpaired) electrons. The van der Waals surface area contributed by atoms with Crippen molar-refractivity contribution in [3.8, 4) is 0 Å². The van der Waals surface area contributed by atoms with E-state index in [9.17, 15) is 4.79 Å². The van der Waals surface area contributed by atoms with Crippen LogP contribution in [0.15, 0.2) is 47.4 Å². The van der Waals surface area contributed by atoms with E-state index in [0.717, 1.165) is 16.6 Å². The molecule has 1 aromatic carbocycles. The van der Waals surface area contributed by atoms with Crippen molar-refractivity contribution in [3.05, 3.63) is 64.2 Å². The second-order valence-corrected chi connectivity index (χ2v) is 4.77. The smallest absolute Gasteiger partial charge is 0.272 e. The number of fused-ring (bicyclic) bond motifs is 1. The molecule has 21 heavy (non-hydrogen) atoms. The number of para-hydroxylation sites is 2. The maximum atomic E-state index is 12.4. The van der Waals surface area contributed by atoms with Crippen LogP contribution < -0.4 is 16.8 Å². The summed E-state index contributed by atoms with van der Waals surface area (Å²) in [5, 5.41) is 0. The number of anilines is 1. The van der Waals surface area contributed by atoms with Gasteiger partial charge in [0.15, 0.2) is 0 Å². The van der Waals surface area contributed by atoms with Gasteiger partial charge in [0.05, 0.1) is 17.6 Å². The van der Waals surface area contributed by atoms with E-state index in [0.29, 0.717) is 18.1 Å². The molecule has 0 fully saturated rings. The average Bonchev–Trinajstić information content (AvgIpc) is 2.52. The third kappa shape index (κ3) is 2.48. The summed E-state index contributed by atoms with van der Waals surface area (Å²) in [4.78, 5) is 20.8. The minimum atomic E-state index is -0.0900. The quantitative estimate of drug-likeness (QED) is 0.560. The molecule has 6 heteroatoms. The molecule has 0 spiro atoms. The molecule has 0 amide bonds. The van der Waals surface area contributed by atoms with E-state index in [-0.39, 0.29) is 5.56 Å². The highest BCUT2D eigenvalue weighted by molar-refractivity contribution is 5.74. The van der Waals surface area contributed by atoms with Crippen molar-refractivity contribution in [2.24, 2.45) is 5.84 Å². The first-order valence-electron chi connectivity index (χ1n) is 6.57. The number of hydrogen-bond acceptors (Lipinski definition) is 5. The van der Waals surface area contributed by atoms with Crippen molar-refractivity contribution >= 4 is 16.9 Å². The fourth-order valence-corrected chi connectivity index (χ4v) is 2.31. The van der Waals surface area contributed by atoms with Gasteiger partial charge in [0.25, 0.3) is 5.56 Å². The van der Waals surface area contributed by atoms with E-state index in [2.05, 4.69) is 15.4 Å². The van der Waals surface area contributed by atoms with Crippen LogP contribution in [-0.2, 0) is 6.54 Å². The van der Waals surface area contributed by atoms with Crippen molar-refractivity contribution in [3.63, 3.8) is 0 Å². The number of hydrazine groups is 1. The highest BCUT2D eigenvalue weighted by atomic mass is 16.1. The van der Waals surface area contributed by atoms with Gasteiger partial charge in [-0.05, 0) is 36.8 Å². The predicted octanol–water partition coefficient (Wildman–Crippen LogP) is 1.43. The summed E-state index contributed by atoms with van der Waals surface area (Å²) in [5.41, 5.74) is 5.46. The van der Waals surface area contributed by atoms with Crippen LogP contribution in [0.2, 0.25) is 0 Å². The normalized spacial score (nSPS) is 10.8. The molecule has 106 valence electrons. The van der Waals surface area contributed by atoms with E-state index in [1.165, 1.54) is 0 Å². The molecule has 0 unspecified atom stereocenters. The average molecular weight is 281 g/mol. The van der Waals surface area contributed by atoms with Gasteiger partial charge in [0.1, 0.15) is 11.5 Å². The van der Waals surface area contributed by atoms with Crippen molar-refractivity contribution in [1.29, 1.82) is 0 Å². The molecule has 0 saturated heterocycles. The predicted molar refractivity (Wildman–Crippen MR) is 81.9 cm³/mol. The molecule has 0 aliphatic rings. The Morgan fingerprint density at radius 3 is 2.90 bits per heavy atom. The summed E-state index contributed by atoms with van der Waals surface area (Å²) in [7, 11) is 0. The Morgan fingerprint density at radius 1 is 1.29 bits per heavy atom. The number of pyridine rings is 1. The molecule has 6 nitrogen and oxygen atoms in total. The molecule has 0 aliphatic carbocycles. The minimum Gasteiger partial charge on any atom is -0.308 e. The molecular weight excluding hydrogens is 266 g/mol. The molecule has 0 aliphatic heterocycles. The lowest BCUT2D eigenvalue weighted by molar-refractivity contribution is 0.775. The van der Waals surface area contributed by atoms with Gasteiger partial charge in [0, 0.05) is 6.20 Å². The second-order valence-electron chi connectivity index (χ2n) is 4.77. The van der Waals surface area contributed by atoms with E-state index in [1.54, 1.807) is 17.7 Å². The van der Waals surface area contributed by atoms with Gasteiger partial charge in [0.2, 0.25) is 0 Å². The van der Waals surface area contributed by atoms with Crippen LogP contribution in [0.5, 0.6) is 0 Å². The number of rotatable bonds is 3. The fourth-order valence-electron chi connectivity index (χ4n) is 2.31. The maximum absolute atomic E-state index is 12.4. The number of aryl methyl sites for hydroxylation is 1. The van der Waals surface area contributed by atoms with Crippen LogP contribution >= 0.6 is 0 Å². The Balaban J connectivity index is 2.15. The van der Waals surface area contributed by atoms with Crippen LogP contribution in [0, 0.1) is 6.92 Å². The van der Waals surface area contributed by atoms with Gasteiger partial charge >= 0.3 is 0 Å². The third-order valence-corrected chi connectivity index (χ3v) is 3.33. The van der Waals surface area contributed by atoms with Gasteiger partial charge in [-0.1, -0.05) is 12.1 Å². The number of benzene rings is 1. The highest BCUT2D eigenvalue weighted by Crippen LogP contribution is 2.13. The zero-order chi connectivity index (χ0) is 14.8. The largest absolute Gasteiger partial charge is 0.308 e. The summed E-state index contributed by atoms with van der Waals surface area (Å²) in [5.74, 6) is 5.93. The lowest BCUT2D eigenvalue weighted by atomic mass is 10.2. The SMILES string of the molecule is Cc1nc2ccccc2n(Cc2ccnc(NN)c2)c1=O. The van der Waals surface area contributed by atoms with Crippen LogP contribution in [-0.4, -0.2) is 14.5 Å². The lowest BCUT2D eigenvalue weighted by Gasteiger charge is -2.11. The molecular formula is C15H15N5O. The van der Waals surface area contributed by atoms with Crippen molar-refractivity contribution in [2.45, 2.75) is 13.5 Å². The van der Waals surface area contributed by atoms with Crippen molar-refractivity contribution in [2.75, 3.05) is 5.43 Å². The molecule has 0 saturated carbocycles. The summed E-state index contributed by atoms with van der Waals surface area (Å²) in [6.07, 6.45) is 1.66. The number of nitrogens with zero attached hydrogens (tertiary/aromatic N) is 3. The fraction of sp³-hybridized carbons (Fsp3) is 0.133. The number of nitrogens with one attached hydrogen (secondary N) is 1. The Bertz CT molecular complexity index is 856. The first-order valence-corrected chi connectivity index (χ1v) is 6.57. The number of nitrogen functional groups attached to an aromatic ring is 1. The lowest BCUT2D eigenvalue weighted by Crippen LogP contribution is -2.24. The van der Waals surface area contributed by atoms with Gasteiger partial charge in [-0.3, -0.25) is 4.79 Å². The molecule has 3 N–H and O–H groups in total. The Labute approximate surface area is 121 Å². The molecule has 3 aromatic rings. The summed E-state index contributed by atoms with van der Waals surface area (Å²) >= 11 is 0. The van der Waals surface area contributed by atoms with E-state index in [1.807, 2.05) is 36.4 Å². The molecule has 0 atom stereocenters. The first kappa shape index (κ1) is 13.3. The molecule has 2 aromatic heterocycles. The topological polar surface area (TPSA) is 85.8 Å². The molecule has 2 heterocycles. The Morgan fingerprint density at radius 2 is 2.10 bits per heavy atom. The van der Waals surface area contributed by atoms with Gasteiger partial charge in [-0.2, -0.15) is 0 Å². The first-order chi connectivity index (χ1) is 10.2. The molecule has 0 bridgehead atoms. The van der Waals surface area contributed by atoms with Crippen molar-refractivity contribution < 1.29 is 0 Å². The van der Waals surface area contributed by atoms with E-state index >= 15 is 0 Å². The third-order valence-electron chi connectivity index (χ3n) is 3.33. The van der Waals surface area contributed by atoms with Gasteiger partial charge in [-0.25, -0.2) is 15.8 Å². The Hall–Kier alpha value is -2.73. The van der Waals surface area contributed by atoms with E-state index in [4.69, 9.17) is 5.84 Å². The van der Waals surface area contributed by atoms with Crippen LogP contribution in [0.3, 0.4) is 0 Å². The summed E-state index contributed by atoms with van der Waals surface area (Å²) in [6.45, 7) is 2.17. The van der Waals surface area contributed by atoms with Crippen molar-refractivity contribution in [1.82, 2.24) is 14.5 Å². The summed E-state index contributed by atoms with van der Waals surface area (Å²) < 4.78 is 1.72. The van der Waals surface area contributed by atoms with Crippen LogP contribution in [0.1, 0.15) is 11.3 Å². The minimum absolute atomic E-state index is 0.0900. The maximum Gasteiger partial charge on any atom is 0.272 e. The highest BCUT2D eigenvalue weighted by Gasteiger charge is 2.08. The van der Waals surface area contributed by atoms with E-state index < -0.39 is 0 Å². The molecule has 3 rings (SSSR count). The van der Waals surface area contributed by atoms with Gasteiger partial charge in [-0.15, -0.1) is 0 Å². The number of aromatic nitrogens is 3. The summed E-state index contributed by atoms with van der Waals surface area (Å²) in [6, 6.07) is 11.3. The number of hydrogen-bond donors (Lipinski definition) is 2. The monoisotopic (exact) mass is 281 g/mol. The zero-order valence-corrected chi connectivity index (χ0v) is 11.6. The van der Waals surface area contributed by atoms with Crippen LogP contribution in [0.4, 0.5) is 5.82 Å². The standard InChI is InChI=1S/C15H15N5O/c1-10-15(21)20(13-5-3-2-4-12(13)18-10)9-11-6-7-17-14(8-11)19-16/h2-8H,9,16H2,1H3,(H,17,19). The number of nitrogens with two attached hydrogens (primary N) is 1. The zero-order valence-electron chi connectivity index (χ0n) is 11.6. The second kappa shape index (κ2) is 5.34. The van der Waals surface area contributed by atoms with Crippen LogP contribution in [0.25, 0.3) is 11.0 Å².